The monoisotopic (exact) mass is 202 g/mol. The zero-order chi connectivity index (χ0) is 10.8. The topological polar surface area (TPSA) is 67.4 Å². The Morgan fingerprint density at radius 1 is 1.29 bits per heavy atom. The normalized spacial score (nSPS) is 9.57. The van der Waals surface area contributed by atoms with Gasteiger partial charge in [-0.2, -0.15) is 0 Å². The molecule has 0 atom stereocenters. The third kappa shape index (κ3) is 7.54. The number of esters is 1. The van der Waals surface area contributed by atoms with E-state index in [1.54, 1.807) is 0 Å². The van der Waals surface area contributed by atoms with Crippen LogP contribution in [-0.4, -0.2) is 38.6 Å². The van der Waals surface area contributed by atoms with Gasteiger partial charge in [-0.05, 0) is 13.0 Å². The van der Waals surface area contributed by atoms with Gasteiger partial charge in [-0.3, -0.25) is 9.59 Å². The first kappa shape index (κ1) is 12.9. The summed E-state index contributed by atoms with van der Waals surface area (Å²) >= 11 is 0. The van der Waals surface area contributed by atoms with Gasteiger partial charge in [0.1, 0.15) is 0 Å². The highest BCUT2D eigenvalue weighted by atomic mass is 16.5. The highest BCUT2D eigenvalue weighted by Crippen LogP contribution is 1.80. The molecule has 0 saturated carbocycles. The lowest BCUT2D eigenvalue weighted by Gasteiger charge is -2.04. The second-order valence-corrected chi connectivity index (χ2v) is 2.85. The smallest absolute Gasteiger partial charge is 0.307 e. The second-order valence-electron chi connectivity index (χ2n) is 2.85. The standard InChI is InChI=1S/C9H18N2O3/c1-3-5-10-7-8(12)11-6-4-9(13)14-2/h10H,3-7H2,1-2H3,(H,11,12). The maximum absolute atomic E-state index is 11.1. The van der Waals surface area contributed by atoms with Crippen molar-refractivity contribution in [3.05, 3.63) is 0 Å². The molecular weight excluding hydrogens is 184 g/mol. The van der Waals surface area contributed by atoms with Crippen LogP contribution in [0, 0.1) is 0 Å². The summed E-state index contributed by atoms with van der Waals surface area (Å²) in [4.78, 5) is 21.7. The number of carbonyl (C=O) groups is 2. The van der Waals surface area contributed by atoms with Crippen molar-refractivity contribution in [3.8, 4) is 0 Å². The Morgan fingerprint density at radius 3 is 2.57 bits per heavy atom. The van der Waals surface area contributed by atoms with E-state index in [0.717, 1.165) is 13.0 Å². The summed E-state index contributed by atoms with van der Waals surface area (Å²) in [5.74, 6) is -0.408. The summed E-state index contributed by atoms with van der Waals surface area (Å²) in [6.07, 6.45) is 1.21. The Balaban J connectivity index is 3.31. The van der Waals surface area contributed by atoms with E-state index < -0.39 is 0 Å². The summed E-state index contributed by atoms with van der Waals surface area (Å²) < 4.78 is 4.42. The minimum Gasteiger partial charge on any atom is -0.469 e. The molecule has 0 spiro atoms. The Hall–Kier alpha value is -1.10. The van der Waals surface area contributed by atoms with E-state index in [4.69, 9.17) is 0 Å². The van der Waals surface area contributed by atoms with Crippen molar-refractivity contribution in [3.63, 3.8) is 0 Å². The molecule has 0 unspecified atom stereocenters. The van der Waals surface area contributed by atoms with Crippen LogP contribution in [0.3, 0.4) is 0 Å². The quantitative estimate of drug-likeness (QED) is 0.438. The fourth-order valence-corrected chi connectivity index (χ4v) is 0.847. The van der Waals surface area contributed by atoms with Crippen LogP contribution in [0.4, 0.5) is 0 Å². The minimum atomic E-state index is -0.313. The van der Waals surface area contributed by atoms with Crippen molar-refractivity contribution in [2.24, 2.45) is 0 Å². The minimum absolute atomic E-state index is 0.0950. The lowest BCUT2D eigenvalue weighted by atomic mass is 10.4. The third-order valence-electron chi connectivity index (χ3n) is 1.59. The van der Waals surface area contributed by atoms with Gasteiger partial charge in [0.2, 0.25) is 5.91 Å². The molecule has 14 heavy (non-hydrogen) atoms. The molecule has 0 saturated heterocycles. The Labute approximate surface area is 84.2 Å². The number of hydrogen-bond donors (Lipinski definition) is 2. The lowest BCUT2D eigenvalue weighted by molar-refractivity contribution is -0.140. The van der Waals surface area contributed by atoms with Crippen LogP contribution >= 0.6 is 0 Å². The van der Waals surface area contributed by atoms with Crippen LogP contribution in [0.5, 0.6) is 0 Å². The molecule has 0 aliphatic rings. The first-order valence-electron chi connectivity index (χ1n) is 4.75. The molecule has 0 aromatic carbocycles. The van der Waals surface area contributed by atoms with Crippen LogP contribution in [0.15, 0.2) is 0 Å². The predicted octanol–water partition coefficient (Wildman–Crippen LogP) is -0.335. The highest BCUT2D eigenvalue weighted by molar-refractivity contribution is 5.78. The predicted molar refractivity (Wildman–Crippen MR) is 52.8 cm³/mol. The molecule has 0 aromatic rings. The van der Waals surface area contributed by atoms with Crippen LogP contribution in [0.1, 0.15) is 19.8 Å². The van der Waals surface area contributed by atoms with Crippen LogP contribution in [-0.2, 0) is 14.3 Å². The zero-order valence-corrected chi connectivity index (χ0v) is 8.76. The molecule has 0 radical (unpaired) electrons. The summed E-state index contributed by atoms with van der Waals surface area (Å²) in [6, 6.07) is 0. The molecule has 0 aromatic heterocycles. The first-order chi connectivity index (χ1) is 6.70. The Bertz CT molecular complexity index is 183. The van der Waals surface area contributed by atoms with Gasteiger partial charge in [0.25, 0.3) is 0 Å². The molecule has 2 N–H and O–H groups in total. The van der Waals surface area contributed by atoms with Gasteiger partial charge >= 0.3 is 5.97 Å². The van der Waals surface area contributed by atoms with Gasteiger partial charge < -0.3 is 15.4 Å². The van der Waals surface area contributed by atoms with Crippen molar-refractivity contribution < 1.29 is 14.3 Å². The SMILES string of the molecule is CCCNCC(=O)NCCC(=O)OC. The molecule has 82 valence electrons. The molecule has 1 amide bonds. The summed E-state index contributed by atoms with van der Waals surface area (Å²) in [7, 11) is 1.33. The van der Waals surface area contributed by atoms with E-state index in [-0.39, 0.29) is 18.3 Å². The average Bonchev–Trinajstić information content (AvgIpc) is 2.18. The third-order valence-corrected chi connectivity index (χ3v) is 1.59. The average molecular weight is 202 g/mol. The van der Waals surface area contributed by atoms with Gasteiger partial charge in [-0.15, -0.1) is 0 Å². The molecule has 0 rings (SSSR count). The van der Waals surface area contributed by atoms with Gasteiger partial charge in [0.15, 0.2) is 0 Å². The fraction of sp³-hybridized carbons (Fsp3) is 0.778. The number of carbonyl (C=O) groups excluding carboxylic acids is 2. The first-order valence-corrected chi connectivity index (χ1v) is 4.75. The molecule has 5 heteroatoms. The van der Waals surface area contributed by atoms with Crippen molar-refractivity contribution in [2.75, 3.05) is 26.7 Å². The van der Waals surface area contributed by atoms with Crippen LogP contribution < -0.4 is 10.6 Å². The number of amides is 1. The maximum Gasteiger partial charge on any atom is 0.307 e. The molecule has 0 aliphatic carbocycles. The Morgan fingerprint density at radius 2 is 2.00 bits per heavy atom. The van der Waals surface area contributed by atoms with E-state index in [9.17, 15) is 9.59 Å². The van der Waals surface area contributed by atoms with Gasteiger partial charge in [-0.25, -0.2) is 0 Å². The van der Waals surface area contributed by atoms with Gasteiger partial charge in [-0.1, -0.05) is 6.92 Å². The molecule has 0 heterocycles. The van der Waals surface area contributed by atoms with E-state index in [0.29, 0.717) is 13.1 Å². The van der Waals surface area contributed by atoms with E-state index >= 15 is 0 Å². The highest BCUT2D eigenvalue weighted by Gasteiger charge is 2.02. The van der Waals surface area contributed by atoms with E-state index in [2.05, 4.69) is 15.4 Å². The van der Waals surface area contributed by atoms with Crippen molar-refractivity contribution in [1.82, 2.24) is 10.6 Å². The molecule has 0 aliphatic heterocycles. The lowest BCUT2D eigenvalue weighted by Crippen LogP contribution is -2.35. The van der Waals surface area contributed by atoms with E-state index in [1.165, 1.54) is 7.11 Å². The number of nitrogens with one attached hydrogen (secondary N) is 2. The maximum atomic E-state index is 11.1. The summed E-state index contributed by atoms with van der Waals surface area (Å²) in [5, 5.41) is 5.56. The number of rotatable bonds is 7. The Kier molecular flexibility index (Phi) is 7.83. The number of hydrogen-bond acceptors (Lipinski definition) is 4. The van der Waals surface area contributed by atoms with Gasteiger partial charge in [0, 0.05) is 6.54 Å². The van der Waals surface area contributed by atoms with Crippen molar-refractivity contribution in [1.29, 1.82) is 0 Å². The van der Waals surface area contributed by atoms with Crippen molar-refractivity contribution >= 4 is 11.9 Å². The zero-order valence-electron chi connectivity index (χ0n) is 8.76. The molecule has 0 bridgehead atoms. The fourth-order valence-electron chi connectivity index (χ4n) is 0.847. The second kappa shape index (κ2) is 8.50. The number of ether oxygens (including phenoxy) is 1. The van der Waals surface area contributed by atoms with E-state index in [1.807, 2.05) is 6.92 Å². The number of methoxy groups -OCH3 is 1. The van der Waals surface area contributed by atoms with Crippen molar-refractivity contribution in [2.45, 2.75) is 19.8 Å². The van der Waals surface area contributed by atoms with Crippen LogP contribution in [0.2, 0.25) is 0 Å². The summed E-state index contributed by atoms with van der Waals surface area (Å²) in [5.41, 5.74) is 0. The largest absolute Gasteiger partial charge is 0.469 e. The van der Waals surface area contributed by atoms with Gasteiger partial charge in [0.05, 0.1) is 20.1 Å². The van der Waals surface area contributed by atoms with Crippen LogP contribution in [0.25, 0.3) is 0 Å². The molecular formula is C9H18N2O3. The summed E-state index contributed by atoms with van der Waals surface area (Å²) in [6.45, 7) is 3.49. The molecule has 0 fully saturated rings. The molecule has 5 nitrogen and oxygen atoms in total.